The van der Waals surface area contributed by atoms with Crippen LogP contribution in [0.4, 0.5) is 0 Å². The molecule has 2 aromatic carbocycles. The Morgan fingerprint density at radius 1 is 0.875 bits per heavy atom. The van der Waals surface area contributed by atoms with E-state index in [0.717, 1.165) is 46.3 Å². The highest BCUT2D eigenvalue weighted by molar-refractivity contribution is 6.07. The highest BCUT2D eigenvalue weighted by Crippen LogP contribution is 2.40. The van der Waals surface area contributed by atoms with Crippen LogP contribution in [-0.4, -0.2) is 16.2 Å². The molecule has 1 saturated carbocycles. The van der Waals surface area contributed by atoms with Crippen molar-refractivity contribution in [2.24, 2.45) is 11.5 Å². The molecule has 5 N–H and O–H groups in total. The maximum atomic E-state index is 7.57. The van der Waals surface area contributed by atoms with E-state index in [-0.39, 0.29) is 5.54 Å². The van der Waals surface area contributed by atoms with Crippen LogP contribution in [0.2, 0.25) is 0 Å². The molecule has 0 spiro atoms. The minimum absolute atomic E-state index is 0.180. The van der Waals surface area contributed by atoms with Gasteiger partial charge < -0.3 is 16.9 Å². The molecule has 5 rings (SSSR count). The zero-order valence-electron chi connectivity index (χ0n) is 17.8. The first-order valence-electron chi connectivity index (χ1n) is 10.8. The second kappa shape index (κ2) is 8.02. The molecule has 0 amide bonds. The van der Waals surface area contributed by atoms with Gasteiger partial charge in [-0.1, -0.05) is 54.6 Å². The van der Waals surface area contributed by atoms with Crippen LogP contribution >= 0.6 is 0 Å². The van der Waals surface area contributed by atoms with Crippen molar-refractivity contribution in [2.45, 2.75) is 24.8 Å². The molecule has 0 bridgehead atoms. The van der Waals surface area contributed by atoms with E-state index >= 15 is 0 Å². The average molecular weight is 420 g/mol. The molecular formula is C27H25N5. The zero-order valence-corrected chi connectivity index (χ0v) is 17.8. The number of aromatic nitrogens is 2. The third-order valence-electron chi connectivity index (χ3n) is 6.37. The number of allylic oxidation sites excluding steroid dienone is 1. The summed E-state index contributed by atoms with van der Waals surface area (Å²) < 4.78 is 0. The molecule has 0 atom stereocenters. The van der Waals surface area contributed by atoms with E-state index in [1.807, 2.05) is 30.3 Å². The molecule has 1 aliphatic carbocycles. The number of pyridine rings is 2. The second-order valence-corrected chi connectivity index (χ2v) is 8.34. The van der Waals surface area contributed by atoms with Gasteiger partial charge in [0.15, 0.2) is 0 Å². The lowest BCUT2D eigenvalue weighted by atomic mass is 9.72. The normalized spacial score (nSPS) is 15.3. The summed E-state index contributed by atoms with van der Waals surface area (Å²) in [5.74, 6) is 0. The number of hydrogen-bond acceptors (Lipinski definition) is 5. The van der Waals surface area contributed by atoms with Crippen LogP contribution in [-0.2, 0) is 5.54 Å². The lowest BCUT2D eigenvalue weighted by molar-refractivity contribution is 0.253. The van der Waals surface area contributed by atoms with Crippen LogP contribution in [0.3, 0.4) is 0 Å². The Morgan fingerprint density at radius 2 is 1.62 bits per heavy atom. The summed E-state index contributed by atoms with van der Waals surface area (Å²) >= 11 is 0. The summed E-state index contributed by atoms with van der Waals surface area (Å²) in [6.45, 7) is 0. The number of nitrogens with zero attached hydrogens (tertiary/aromatic N) is 2. The fraction of sp³-hybridized carbons (Fsp3) is 0.148. The molecule has 0 aliphatic heterocycles. The summed E-state index contributed by atoms with van der Waals surface area (Å²) in [7, 11) is 0. The predicted octanol–water partition coefficient (Wildman–Crippen LogP) is 5.25. The van der Waals surface area contributed by atoms with Gasteiger partial charge in [-0.25, -0.2) is 9.97 Å². The van der Waals surface area contributed by atoms with Gasteiger partial charge in [0, 0.05) is 34.7 Å². The summed E-state index contributed by atoms with van der Waals surface area (Å²) in [5.41, 5.74) is 20.0. The standard InChI is InChI=1S/C27H25N5/c28-16-20(17-29)23-11-12-24-25(31-23)15-22(18-5-2-1-3-6-18)26(32-24)19-7-9-21(10-8-19)27(30)13-4-14-27/h1-3,5-12,15-17,28H,4,13-14,29-30H2/b20-17+,28-16?. The lowest BCUT2D eigenvalue weighted by Gasteiger charge is -2.38. The first-order valence-corrected chi connectivity index (χ1v) is 10.8. The molecule has 5 nitrogen and oxygen atoms in total. The molecule has 0 unspecified atom stereocenters. The topological polar surface area (TPSA) is 102 Å². The van der Waals surface area contributed by atoms with Crippen LogP contribution in [0.1, 0.15) is 30.5 Å². The van der Waals surface area contributed by atoms with Crippen LogP contribution in [0.25, 0.3) is 39.0 Å². The third kappa shape index (κ3) is 3.47. The Balaban J connectivity index is 1.67. The Morgan fingerprint density at radius 3 is 2.25 bits per heavy atom. The average Bonchev–Trinajstić information content (AvgIpc) is 2.83. The van der Waals surface area contributed by atoms with Crippen molar-refractivity contribution in [3.05, 3.63) is 90.3 Å². The molecular weight excluding hydrogens is 394 g/mol. The molecule has 5 heteroatoms. The third-order valence-corrected chi connectivity index (χ3v) is 6.37. The van der Waals surface area contributed by atoms with Gasteiger partial charge in [-0.3, -0.25) is 0 Å². The van der Waals surface area contributed by atoms with Crippen LogP contribution in [0, 0.1) is 5.41 Å². The van der Waals surface area contributed by atoms with E-state index < -0.39 is 0 Å². The Bertz CT molecular complexity index is 1320. The highest BCUT2D eigenvalue weighted by atomic mass is 14.8. The van der Waals surface area contributed by atoms with Crippen molar-refractivity contribution >= 4 is 22.8 Å². The summed E-state index contributed by atoms with van der Waals surface area (Å²) in [6.07, 6.45) is 5.88. The van der Waals surface area contributed by atoms with E-state index in [1.54, 1.807) is 0 Å². The lowest BCUT2D eigenvalue weighted by Crippen LogP contribution is -2.43. The molecule has 32 heavy (non-hydrogen) atoms. The zero-order chi connectivity index (χ0) is 22.1. The Labute approximate surface area is 187 Å². The number of nitrogens with one attached hydrogen (secondary N) is 1. The van der Waals surface area contributed by atoms with Gasteiger partial charge in [0.05, 0.1) is 22.4 Å². The van der Waals surface area contributed by atoms with Gasteiger partial charge in [0.1, 0.15) is 0 Å². The molecule has 1 aliphatic rings. The minimum atomic E-state index is -0.180. The van der Waals surface area contributed by atoms with Crippen molar-refractivity contribution in [1.82, 2.24) is 9.97 Å². The number of rotatable bonds is 5. The molecule has 1 fully saturated rings. The molecule has 2 aromatic heterocycles. The Kier molecular flexibility index (Phi) is 5.04. The predicted molar refractivity (Wildman–Crippen MR) is 131 cm³/mol. The monoisotopic (exact) mass is 419 g/mol. The fourth-order valence-corrected chi connectivity index (χ4v) is 4.29. The van der Waals surface area contributed by atoms with E-state index in [0.29, 0.717) is 11.3 Å². The largest absolute Gasteiger partial charge is 0.404 e. The summed E-state index contributed by atoms with van der Waals surface area (Å²) in [5, 5.41) is 7.57. The maximum absolute atomic E-state index is 7.57. The second-order valence-electron chi connectivity index (χ2n) is 8.34. The molecule has 158 valence electrons. The van der Waals surface area contributed by atoms with Gasteiger partial charge in [-0.2, -0.15) is 0 Å². The van der Waals surface area contributed by atoms with Crippen molar-refractivity contribution in [2.75, 3.05) is 0 Å². The smallest absolute Gasteiger partial charge is 0.0900 e. The fourth-order valence-electron chi connectivity index (χ4n) is 4.29. The quantitative estimate of drug-likeness (QED) is 0.384. The van der Waals surface area contributed by atoms with Crippen LogP contribution in [0.5, 0.6) is 0 Å². The molecule has 4 aromatic rings. The SMILES string of the molecule is N=C/C(=C\N)c1ccc2nc(-c3ccc(C4(N)CCC4)cc3)c(-c3ccccc3)cc2n1. The van der Waals surface area contributed by atoms with Crippen molar-refractivity contribution in [3.8, 4) is 22.4 Å². The maximum Gasteiger partial charge on any atom is 0.0900 e. The molecule has 0 saturated heterocycles. The summed E-state index contributed by atoms with van der Waals surface area (Å²) in [4.78, 5) is 9.72. The van der Waals surface area contributed by atoms with Gasteiger partial charge in [0.2, 0.25) is 0 Å². The van der Waals surface area contributed by atoms with Gasteiger partial charge >= 0.3 is 0 Å². The minimum Gasteiger partial charge on any atom is -0.404 e. The molecule has 2 heterocycles. The van der Waals surface area contributed by atoms with E-state index in [2.05, 4.69) is 42.5 Å². The number of fused-ring (bicyclic) bond motifs is 1. The first-order chi connectivity index (χ1) is 15.6. The van der Waals surface area contributed by atoms with Crippen molar-refractivity contribution in [1.29, 1.82) is 5.41 Å². The van der Waals surface area contributed by atoms with Crippen LogP contribution < -0.4 is 11.5 Å². The Hall–Kier alpha value is -3.83. The number of nitrogens with two attached hydrogens (primary N) is 2. The van der Waals surface area contributed by atoms with Gasteiger partial charge in [-0.05, 0) is 48.6 Å². The first kappa shape index (κ1) is 20.1. The van der Waals surface area contributed by atoms with E-state index in [1.165, 1.54) is 24.4 Å². The van der Waals surface area contributed by atoms with Crippen molar-refractivity contribution in [3.63, 3.8) is 0 Å². The van der Waals surface area contributed by atoms with Gasteiger partial charge in [0.25, 0.3) is 0 Å². The number of benzene rings is 2. The van der Waals surface area contributed by atoms with E-state index in [4.69, 9.17) is 26.8 Å². The van der Waals surface area contributed by atoms with Crippen LogP contribution in [0.15, 0.2) is 79.0 Å². The van der Waals surface area contributed by atoms with Crippen molar-refractivity contribution < 1.29 is 0 Å². The van der Waals surface area contributed by atoms with Gasteiger partial charge in [-0.15, -0.1) is 0 Å². The molecule has 0 radical (unpaired) electrons. The summed E-state index contributed by atoms with van der Waals surface area (Å²) in [6, 6.07) is 24.6. The van der Waals surface area contributed by atoms with E-state index in [9.17, 15) is 0 Å². The number of hydrogen-bond donors (Lipinski definition) is 3. The highest BCUT2D eigenvalue weighted by Gasteiger charge is 2.34.